The van der Waals surface area contributed by atoms with E-state index in [1.54, 1.807) is 19.2 Å². The molecule has 0 heterocycles. The zero-order valence-electron chi connectivity index (χ0n) is 13.0. The van der Waals surface area contributed by atoms with Gasteiger partial charge in [-0.25, -0.2) is 0 Å². The van der Waals surface area contributed by atoms with Crippen molar-refractivity contribution in [3.05, 3.63) is 29.8 Å². The SMILES string of the molecule is CN=C(NCc1ccc(OCC(F)(F)F)cc1)NCC(C)C. The van der Waals surface area contributed by atoms with Gasteiger partial charge < -0.3 is 15.4 Å². The monoisotopic (exact) mass is 317 g/mol. The molecule has 4 nitrogen and oxygen atoms in total. The molecule has 0 saturated heterocycles. The van der Waals surface area contributed by atoms with E-state index >= 15 is 0 Å². The van der Waals surface area contributed by atoms with Crippen molar-refractivity contribution in [2.45, 2.75) is 26.6 Å². The number of hydrogen-bond donors (Lipinski definition) is 2. The second-order valence-electron chi connectivity index (χ2n) is 5.25. The van der Waals surface area contributed by atoms with Crippen LogP contribution < -0.4 is 15.4 Å². The molecule has 0 saturated carbocycles. The van der Waals surface area contributed by atoms with Crippen LogP contribution in [0.25, 0.3) is 0 Å². The van der Waals surface area contributed by atoms with Crippen LogP contribution in [0.3, 0.4) is 0 Å². The molecule has 0 unspecified atom stereocenters. The van der Waals surface area contributed by atoms with Crippen molar-refractivity contribution in [1.29, 1.82) is 0 Å². The van der Waals surface area contributed by atoms with E-state index in [1.165, 1.54) is 12.1 Å². The smallest absolute Gasteiger partial charge is 0.422 e. The van der Waals surface area contributed by atoms with Gasteiger partial charge in [0, 0.05) is 20.1 Å². The summed E-state index contributed by atoms with van der Waals surface area (Å²) in [5, 5.41) is 6.31. The Labute approximate surface area is 128 Å². The molecule has 0 amide bonds. The number of guanidine groups is 1. The lowest BCUT2D eigenvalue weighted by Crippen LogP contribution is -2.38. The van der Waals surface area contributed by atoms with Crippen LogP contribution >= 0.6 is 0 Å². The Kier molecular flexibility index (Phi) is 7.01. The average molecular weight is 317 g/mol. The lowest BCUT2D eigenvalue weighted by atomic mass is 10.2. The maximum Gasteiger partial charge on any atom is 0.422 e. The van der Waals surface area contributed by atoms with Gasteiger partial charge in [-0.2, -0.15) is 13.2 Å². The molecule has 0 aliphatic heterocycles. The second-order valence-corrected chi connectivity index (χ2v) is 5.25. The Balaban J connectivity index is 2.43. The predicted molar refractivity (Wildman–Crippen MR) is 81.0 cm³/mol. The highest BCUT2D eigenvalue weighted by atomic mass is 19.4. The topological polar surface area (TPSA) is 45.7 Å². The van der Waals surface area contributed by atoms with Crippen molar-refractivity contribution in [1.82, 2.24) is 10.6 Å². The van der Waals surface area contributed by atoms with Crippen LogP contribution in [0.5, 0.6) is 5.75 Å². The molecule has 22 heavy (non-hydrogen) atoms. The Morgan fingerprint density at radius 3 is 2.32 bits per heavy atom. The van der Waals surface area contributed by atoms with Crippen molar-refractivity contribution < 1.29 is 17.9 Å². The van der Waals surface area contributed by atoms with Crippen LogP contribution in [0.4, 0.5) is 13.2 Å². The van der Waals surface area contributed by atoms with E-state index in [2.05, 4.69) is 34.2 Å². The van der Waals surface area contributed by atoms with Crippen LogP contribution in [0, 0.1) is 5.92 Å². The van der Waals surface area contributed by atoms with Gasteiger partial charge in [-0.1, -0.05) is 26.0 Å². The summed E-state index contributed by atoms with van der Waals surface area (Å²) < 4.78 is 40.8. The number of ether oxygens (including phenoxy) is 1. The number of alkyl halides is 3. The number of rotatable bonds is 6. The molecule has 124 valence electrons. The number of nitrogens with zero attached hydrogens (tertiary/aromatic N) is 1. The first kappa shape index (κ1) is 18.1. The Morgan fingerprint density at radius 1 is 1.18 bits per heavy atom. The average Bonchev–Trinajstić information content (AvgIpc) is 2.45. The summed E-state index contributed by atoms with van der Waals surface area (Å²) in [5.74, 6) is 1.39. The minimum atomic E-state index is -4.32. The van der Waals surface area contributed by atoms with Gasteiger partial charge in [0.2, 0.25) is 0 Å². The molecule has 0 atom stereocenters. The second kappa shape index (κ2) is 8.51. The van der Waals surface area contributed by atoms with Gasteiger partial charge in [-0.05, 0) is 23.6 Å². The summed E-state index contributed by atoms with van der Waals surface area (Å²) in [6.45, 7) is 4.25. The van der Waals surface area contributed by atoms with E-state index in [0.717, 1.165) is 12.1 Å². The molecule has 0 fully saturated rings. The molecular formula is C15H22F3N3O. The fourth-order valence-corrected chi connectivity index (χ4v) is 1.58. The molecule has 1 aromatic rings. The van der Waals surface area contributed by atoms with Crippen LogP contribution in [0.2, 0.25) is 0 Å². The van der Waals surface area contributed by atoms with E-state index in [9.17, 15) is 13.2 Å². The normalized spacial score (nSPS) is 12.4. The predicted octanol–water partition coefficient (Wildman–Crippen LogP) is 2.95. The van der Waals surface area contributed by atoms with Gasteiger partial charge in [-0.3, -0.25) is 4.99 Å². The third-order valence-corrected chi connectivity index (χ3v) is 2.69. The van der Waals surface area contributed by atoms with Crippen molar-refractivity contribution in [2.75, 3.05) is 20.2 Å². The molecule has 7 heteroatoms. The molecule has 0 radical (unpaired) electrons. The van der Waals surface area contributed by atoms with Gasteiger partial charge in [0.15, 0.2) is 12.6 Å². The van der Waals surface area contributed by atoms with Crippen molar-refractivity contribution in [3.63, 3.8) is 0 Å². The summed E-state index contributed by atoms with van der Waals surface area (Å²) in [7, 11) is 1.68. The lowest BCUT2D eigenvalue weighted by molar-refractivity contribution is -0.153. The standard InChI is InChI=1S/C15H22F3N3O/c1-11(2)8-20-14(19-3)21-9-12-4-6-13(7-5-12)22-10-15(16,17)18/h4-7,11H,8-10H2,1-3H3,(H2,19,20,21). The first-order chi connectivity index (χ1) is 10.3. The maximum absolute atomic E-state index is 12.0. The van der Waals surface area contributed by atoms with E-state index in [4.69, 9.17) is 0 Å². The van der Waals surface area contributed by atoms with Crippen LogP contribution in [-0.4, -0.2) is 32.3 Å². The van der Waals surface area contributed by atoms with Gasteiger partial charge in [0.25, 0.3) is 0 Å². The summed E-state index contributed by atoms with van der Waals surface area (Å²) >= 11 is 0. The first-order valence-corrected chi connectivity index (χ1v) is 7.03. The third-order valence-electron chi connectivity index (χ3n) is 2.69. The van der Waals surface area contributed by atoms with Crippen LogP contribution in [0.1, 0.15) is 19.4 Å². The van der Waals surface area contributed by atoms with Gasteiger partial charge in [0.05, 0.1) is 0 Å². The highest BCUT2D eigenvalue weighted by Crippen LogP contribution is 2.18. The Hall–Kier alpha value is -1.92. The van der Waals surface area contributed by atoms with Gasteiger partial charge in [0.1, 0.15) is 5.75 Å². The number of hydrogen-bond acceptors (Lipinski definition) is 2. The molecule has 0 bridgehead atoms. The minimum absolute atomic E-state index is 0.198. The maximum atomic E-state index is 12.0. The van der Waals surface area contributed by atoms with E-state index in [0.29, 0.717) is 18.4 Å². The quantitative estimate of drug-likeness (QED) is 0.626. The molecule has 1 aromatic carbocycles. The molecular weight excluding hydrogens is 295 g/mol. The largest absolute Gasteiger partial charge is 0.484 e. The molecule has 0 aliphatic rings. The zero-order valence-corrected chi connectivity index (χ0v) is 13.0. The minimum Gasteiger partial charge on any atom is -0.484 e. The molecule has 0 spiro atoms. The lowest BCUT2D eigenvalue weighted by Gasteiger charge is -2.14. The molecule has 0 aromatic heterocycles. The van der Waals surface area contributed by atoms with E-state index in [-0.39, 0.29) is 5.75 Å². The number of aliphatic imine (C=N–C) groups is 1. The summed E-state index contributed by atoms with van der Waals surface area (Å²) in [6, 6.07) is 6.48. The van der Waals surface area contributed by atoms with Gasteiger partial charge in [-0.15, -0.1) is 0 Å². The number of benzene rings is 1. The van der Waals surface area contributed by atoms with Crippen molar-refractivity contribution >= 4 is 5.96 Å². The summed E-state index contributed by atoms with van der Waals surface area (Å²) in [6.07, 6.45) is -4.32. The molecule has 1 rings (SSSR count). The van der Waals surface area contributed by atoms with E-state index in [1.807, 2.05) is 0 Å². The van der Waals surface area contributed by atoms with Gasteiger partial charge >= 0.3 is 6.18 Å². The van der Waals surface area contributed by atoms with Crippen molar-refractivity contribution in [2.24, 2.45) is 10.9 Å². The third kappa shape index (κ3) is 7.75. The van der Waals surface area contributed by atoms with E-state index < -0.39 is 12.8 Å². The highest BCUT2D eigenvalue weighted by Gasteiger charge is 2.28. The Bertz CT molecular complexity index is 470. The summed E-state index contributed by atoms with van der Waals surface area (Å²) in [5.41, 5.74) is 0.923. The summed E-state index contributed by atoms with van der Waals surface area (Å²) in [4.78, 5) is 4.09. The highest BCUT2D eigenvalue weighted by molar-refractivity contribution is 5.79. The molecule has 0 aliphatic carbocycles. The zero-order chi connectivity index (χ0) is 16.6. The van der Waals surface area contributed by atoms with Crippen molar-refractivity contribution in [3.8, 4) is 5.75 Å². The number of nitrogens with one attached hydrogen (secondary N) is 2. The fourth-order valence-electron chi connectivity index (χ4n) is 1.58. The Morgan fingerprint density at radius 2 is 1.82 bits per heavy atom. The van der Waals surface area contributed by atoms with Crippen LogP contribution in [0.15, 0.2) is 29.3 Å². The first-order valence-electron chi connectivity index (χ1n) is 7.03. The fraction of sp³-hybridized carbons (Fsp3) is 0.533. The van der Waals surface area contributed by atoms with Crippen LogP contribution in [-0.2, 0) is 6.54 Å². The number of halogens is 3. The molecule has 2 N–H and O–H groups in total.